The van der Waals surface area contributed by atoms with Crippen molar-refractivity contribution in [2.24, 2.45) is 0 Å². The number of amides is 1. The maximum absolute atomic E-state index is 13.8. The largest absolute Gasteiger partial charge is 0.383 e. The van der Waals surface area contributed by atoms with Crippen molar-refractivity contribution in [3.63, 3.8) is 0 Å². The van der Waals surface area contributed by atoms with E-state index in [9.17, 15) is 23.2 Å². The van der Waals surface area contributed by atoms with Crippen molar-refractivity contribution in [2.45, 2.75) is 13.1 Å². The van der Waals surface area contributed by atoms with Crippen LogP contribution in [0, 0.1) is 11.6 Å². The zero-order chi connectivity index (χ0) is 23.8. The molecule has 0 fully saturated rings. The van der Waals surface area contributed by atoms with Crippen LogP contribution in [0.2, 0.25) is 0 Å². The maximum Gasteiger partial charge on any atom is 0.330 e. The zero-order valence-electron chi connectivity index (χ0n) is 17.7. The van der Waals surface area contributed by atoms with E-state index < -0.39 is 34.4 Å². The third kappa shape index (κ3) is 6.01. The Labute approximate surface area is 187 Å². The molecule has 0 saturated carbocycles. The SMILES string of the molecule is COCCn1c(NC(=O)/C=C/c2c(F)cccc2F)c(NCc2ccccc2)c(=O)[nH]c1=O. The standard InChI is InChI=1S/C23H22F2N4O4/c1-33-13-12-29-21(27-19(30)11-10-16-17(24)8-5-9-18(16)25)20(22(31)28-23(29)32)26-14-15-6-3-2-4-7-15/h2-11,26H,12-14H2,1H3,(H,27,30)(H,28,31,32)/b11-10+. The number of hydrogen-bond acceptors (Lipinski definition) is 5. The number of hydrogen-bond donors (Lipinski definition) is 3. The van der Waals surface area contributed by atoms with E-state index >= 15 is 0 Å². The summed E-state index contributed by atoms with van der Waals surface area (Å²) < 4.78 is 33.8. The van der Waals surface area contributed by atoms with Crippen LogP contribution < -0.4 is 21.9 Å². The van der Waals surface area contributed by atoms with Crippen LogP contribution in [-0.4, -0.2) is 29.2 Å². The van der Waals surface area contributed by atoms with Crippen molar-refractivity contribution >= 4 is 23.5 Å². The van der Waals surface area contributed by atoms with E-state index in [0.717, 1.165) is 34.4 Å². The second kappa shape index (κ2) is 11.0. The number of ether oxygens (including phenoxy) is 1. The number of aromatic nitrogens is 2. The molecule has 2 aromatic carbocycles. The van der Waals surface area contributed by atoms with Crippen LogP contribution in [0.3, 0.4) is 0 Å². The van der Waals surface area contributed by atoms with Gasteiger partial charge in [-0.2, -0.15) is 0 Å². The lowest BCUT2D eigenvalue weighted by Crippen LogP contribution is -2.36. The van der Waals surface area contributed by atoms with E-state index in [1.807, 2.05) is 30.3 Å². The average Bonchev–Trinajstić information content (AvgIpc) is 2.79. The van der Waals surface area contributed by atoms with Gasteiger partial charge in [0.15, 0.2) is 0 Å². The molecule has 33 heavy (non-hydrogen) atoms. The number of methoxy groups -OCH3 is 1. The normalized spacial score (nSPS) is 11.0. The molecule has 0 spiro atoms. The molecule has 3 rings (SSSR count). The monoisotopic (exact) mass is 456 g/mol. The summed E-state index contributed by atoms with van der Waals surface area (Å²) in [6.07, 6.45) is 1.89. The first-order valence-electron chi connectivity index (χ1n) is 9.97. The van der Waals surface area contributed by atoms with Crippen LogP contribution in [0.5, 0.6) is 0 Å². The number of anilines is 2. The second-order valence-electron chi connectivity index (χ2n) is 6.92. The quantitative estimate of drug-likeness (QED) is 0.430. The molecular weight excluding hydrogens is 434 g/mol. The Morgan fingerprint density at radius 3 is 2.45 bits per heavy atom. The minimum Gasteiger partial charge on any atom is -0.383 e. The molecule has 8 nitrogen and oxygen atoms in total. The Hall–Kier alpha value is -4.05. The summed E-state index contributed by atoms with van der Waals surface area (Å²) in [4.78, 5) is 39.7. The third-order valence-electron chi connectivity index (χ3n) is 4.67. The number of nitrogens with zero attached hydrogens (tertiary/aromatic N) is 1. The lowest BCUT2D eigenvalue weighted by molar-refractivity contribution is -0.111. The van der Waals surface area contributed by atoms with Crippen LogP contribution in [0.4, 0.5) is 20.3 Å². The highest BCUT2D eigenvalue weighted by Crippen LogP contribution is 2.18. The minimum absolute atomic E-state index is 0.0351. The first-order chi connectivity index (χ1) is 15.9. The summed E-state index contributed by atoms with van der Waals surface area (Å²) in [6.45, 7) is 0.405. The van der Waals surface area contributed by atoms with Crippen molar-refractivity contribution in [3.05, 3.63) is 98.2 Å². The number of rotatable bonds is 9. The Kier molecular flexibility index (Phi) is 7.87. The minimum atomic E-state index is -0.836. The fourth-order valence-corrected chi connectivity index (χ4v) is 3.03. The Balaban J connectivity index is 1.94. The molecule has 0 bridgehead atoms. The van der Waals surface area contributed by atoms with Gasteiger partial charge in [-0.05, 0) is 23.8 Å². The van der Waals surface area contributed by atoms with Crippen molar-refractivity contribution in [3.8, 4) is 0 Å². The molecule has 0 unspecified atom stereocenters. The summed E-state index contributed by atoms with van der Waals surface area (Å²) >= 11 is 0. The van der Waals surface area contributed by atoms with Crippen LogP contribution in [0.1, 0.15) is 11.1 Å². The van der Waals surface area contributed by atoms with Gasteiger partial charge < -0.3 is 15.4 Å². The van der Waals surface area contributed by atoms with Gasteiger partial charge in [0.25, 0.3) is 5.56 Å². The van der Waals surface area contributed by atoms with Gasteiger partial charge in [0.05, 0.1) is 13.2 Å². The van der Waals surface area contributed by atoms with E-state index in [2.05, 4.69) is 15.6 Å². The summed E-state index contributed by atoms with van der Waals surface area (Å²) in [5, 5.41) is 5.41. The smallest absolute Gasteiger partial charge is 0.330 e. The highest BCUT2D eigenvalue weighted by atomic mass is 19.1. The summed E-state index contributed by atoms with van der Waals surface area (Å²) in [5.74, 6) is -2.56. The van der Waals surface area contributed by atoms with E-state index in [1.54, 1.807) is 0 Å². The summed E-state index contributed by atoms with van der Waals surface area (Å²) in [6, 6.07) is 12.5. The molecule has 3 N–H and O–H groups in total. The molecule has 0 aliphatic rings. The molecule has 0 saturated heterocycles. The Bertz CT molecular complexity index is 1250. The highest BCUT2D eigenvalue weighted by Gasteiger charge is 2.17. The lowest BCUT2D eigenvalue weighted by atomic mass is 10.2. The van der Waals surface area contributed by atoms with Gasteiger partial charge in [0.1, 0.15) is 23.1 Å². The molecular formula is C23H22F2N4O4. The number of H-pyrrole nitrogens is 1. The van der Waals surface area contributed by atoms with Gasteiger partial charge in [-0.15, -0.1) is 0 Å². The number of aromatic amines is 1. The highest BCUT2D eigenvalue weighted by molar-refractivity contribution is 6.03. The number of nitrogens with one attached hydrogen (secondary N) is 3. The van der Waals surface area contributed by atoms with Gasteiger partial charge in [0.2, 0.25) is 5.91 Å². The van der Waals surface area contributed by atoms with Crippen LogP contribution in [0.25, 0.3) is 6.08 Å². The van der Waals surface area contributed by atoms with Crippen LogP contribution in [-0.2, 0) is 22.6 Å². The van der Waals surface area contributed by atoms with Crippen LogP contribution in [0.15, 0.2) is 64.2 Å². The average molecular weight is 456 g/mol. The fourth-order valence-electron chi connectivity index (χ4n) is 3.03. The van der Waals surface area contributed by atoms with E-state index in [1.165, 1.54) is 13.2 Å². The molecule has 0 aliphatic carbocycles. The second-order valence-corrected chi connectivity index (χ2v) is 6.92. The van der Waals surface area contributed by atoms with Crippen molar-refractivity contribution in [1.82, 2.24) is 9.55 Å². The molecule has 0 atom stereocenters. The van der Waals surface area contributed by atoms with Gasteiger partial charge in [0, 0.05) is 25.3 Å². The summed E-state index contributed by atoms with van der Waals surface area (Å²) in [5.41, 5.74) is -1.06. The van der Waals surface area contributed by atoms with Gasteiger partial charge >= 0.3 is 5.69 Å². The summed E-state index contributed by atoms with van der Waals surface area (Å²) in [7, 11) is 1.44. The van der Waals surface area contributed by atoms with Crippen molar-refractivity contribution < 1.29 is 18.3 Å². The van der Waals surface area contributed by atoms with E-state index in [-0.39, 0.29) is 31.2 Å². The third-order valence-corrected chi connectivity index (χ3v) is 4.67. The molecule has 172 valence electrons. The molecule has 1 heterocycles. The number of carbonyl (C=O) groups is 1. The predicted octanol–water partition coefficient (Wildman–Crippen LogP) is 2.73. The Morgan fingerprint density at radius 2 is 1.79 bits per heavy atom. The predicted molar refractivity (Wildman–Crippen MR) is 121 cm³/mol. The molecule has 1 amide bonds. The van der Waals surface area contributed by atoms with Crippen molar-refractivity contribution in [1.29, 1.82) is 0 Å². The van der Waals surface area contributed by atoms with Gasteiger partial charge in [-0.1, -0.05) is 36.4 Å². The Morgan fingerprint density at radius 1 is 1.09 bits per heavy atom. The fraction of sp³-hybridized carbons (Fsp3) is 0.174. The molecule has 0 radical (unpaired) electrons. The van der Waals surface area contributed by atoms with E-state index in [0.29, 0.717) is 0 Å². The molecule has 3 aromatic rings. The first kappa shape index (κ1) is 23.6. The van der Waals surface area contributed by atoms with Crippen molar-refractivity contribution in [2.75, 3.05) is 24.4 Å². The molecule has 0 aliphatic heterocycles. The zero-order valence-corrected chi connectivity index (χ0v) is 17.7. The first-order valence-corrected chi connectivity index (χ1v) is 9.97. The number of halogens is 2. The topological polar surface area (TPSA) is 105 Å². The maximum atomic E-state index is 13.8. The van der Waals surface area contributed by atoms with E-state index in [4.69, 9.17) is 4.74 Å². The van der Waals surface area contributed by atoms with Gasteiger partial charge in [-0.25, -0.2) is 13.6 Å². The van der Waals surface area contributed by atoms with Crippen LogP contribution >= 0.6 is 0 Å². The lowest BCUT2D eigenvalue weighted by Gasteiger charge is -2.17. The number of carbonyl (C=O) groups excluding carboxylic acids is 1. The molecule has 10 heteroatoms. The number of benzene rings is 2. The van der Waals surface area contributed by atoms with Gasteiger partial charge in [-0.3, -0.25) is 19.1 Å². The molecule has 1 aromatic heterocycles.